The highest BCUT2D eigenvalue weighted by molar-refractivity contribution is 7.97. The number of benzene rings is 3. The first-order chi connectivity index (χ1) is 13.8. The van der Waals surface area contributed by atoms with E-state index in [1.54, 1.807) is 36.2 Å². The number of imidazole rings is 1. The maximum absolute atomic E-state index is 11.9. The van der Waals surface area contributed by atoms with Gasteiger partial charge in [0.25, 0.3) is 0 Å². The van der Waals surface area contributed by atoms with Gasteiger partial charge in [0, 0.05) is 18.1 Å². The third-order valence-corrected chi connectivity index (χ3v) is 4.45. The van der Waals surface area contributed by atoms with Crippen LogP contribution >= 0.6 is 11.8 Å². The Bertz CT molecular complexity index is 961. The van der Waals surface area contributed by atoms with Gasteiger partial charge in [-0.3, -0.25) is 0 Å². The molecular formula is C23H21FN2OS. The quantitative estimate of drug-likeness (QED) is 0.396. The molecule has 0 atom stereocenters. The van der Waals surface area contributed by atoms with Crippen molar-refractivity contribution in [3.63, 3.8) is 0 Å². The molecule has 0 saturated carbocycles. The van der Waals surface area contributed by atoms with Gasteiger partial charge >= 0.3 is 0 Å². The summed E-state index contributed by atoms with van der Waals surface area (Å²) < 4.78 is 19.8. The van der Waals surface area contributed by atoms with Crippen molar-refractivity contribution >= 4 is 11.8 Å². The SMILES string of the molecule is CSCc1cc(Oc2ccccc2)ccc1-n1ccnc1.Fc1ccccc1. The third-order valence-electron chi connectivity index (χ3n) is 3.85. The van der Waals surface area contributed by atoms with E-state index < -0.39 is 0 Å². The predicted octanol–water partition coefficient (Wildman–Crippen LogP) is 6.35. The molecule has 0 fully saturated rings. The molecule has 1 heterocycles. The number of hydrogen-bond acceptors (Lipinski definition) is 3. The number of nitrogens with zero attached hydrogens (tertiary/aromatic N) is 2. The second kappa shape index (κ2) is 10.3. The lowest BCUT2D eigenvalue weighted by Gasteiger charge is -2.12. The highest BCUT2D eigenvalue weighted by Gasteiger charge is 2.07. The average molecular weight is 392 g/mol. The van der Waals surface area contributed by atoms with E-state index in [-0.39, 0.29) is 5.82 Å². The van der Waals surface area contributed by atoms with E-state index in [0.29, 0.717) is 0 Å². The summed E-state index contributed by atoms with van der Waals surface area (Å²) in [5, 5.41) is 0. The van der Waals surface area contributed by atoms with Gasteiger partial charge in [0.2, 0.25) is 0 Å². The highest BCUT2D eigenvalue weighted by Crippen LogP contribution is 2.27. The number of para-hydroxylation sites is 1. The molecule has 0 aliphatic heterocycles. The average Bonchev–Trinajstić information content (AvgIpc) is 3.25. The maximum atomic E-state index is 11.9. The largest absolute Gasteiger partial charge is 0.457 e. The first-order valence-corrected chi connectivity index (χ1v) is 10.2. The van der Waals surface area contributed by atoms with E-state index in [2.05, 4.69) is 23.4 Å². The smallest absolute Gasteiger partial charge is 0.127 e. The van der Waals surface area contributed by atoms with Gasteiger partial charge in [-0.05, 0) is 54.3 Å². The minimum atomic E-state index is -0.178. The second-order valence-electron chi connectivity index (χ2n) is 5.90. The standard InChI is InChI=1S/C17H16N2OS.C6H5F/c1-21-12-14-11-16(20-15-5-3-2-4-6-15)7-8-17(14)19-10-9-18-13-19;7-6-4-2-1-3-5-6/h2-11,13H,12H2,1H3;1-5H. The molecule has 5 heteroatoms. The topological polar surface area (TPSA) is 27.1 Å². The molecule has 28 heavy (non-hydrogen) atoms. The molecule has 0 bridgehead atoms. The second-order valence-corrected chi connectivity index (χ2v) is 6.77. The van der Waals surface area contributed by atoms with Gasteiger partial charge in [0.1, 0.15) is 17.3 Å². The fourth-order valence-electron chi connectivity index (χ4n) is 2.59. The molecule has 0 spiro atoms. The molecule has 0 N–H and O–H groups in total. The van der Waals surface area contributed by atoms with Crippen LogP contribution in [-0.4, -0.2) is 15.8 Å². The van der Waals surface area contributed by atoms with Gasteiger partial charge < -0.3 is 9.30 Å². The molecule has 0 unspecified atom stereocenters. The lowest BCUT2D eigenvalue weighted by molar-refractivity contribution is 0.482. The van der Waals surface area contributed by atoms with Crippen LogP contribution in [0, 0.1) is 5.82 Å². The molecule has 0 aliphatic rings. The Balaban J connectivity index is 0.000000271. The summed E-state index contributed by atoms with van der Waals surface area (Å²) in [5.74, 6) is 2.46. The molecule has 3 nitrogen and oxygen atoms in total. The first kappa shape index (κ1) is 19.7. The highest BCUT2D eigenvalue weighted by atomic mass is 32.2. The molecule has 3 aromatic carbocycles. The molecule has 0 saturated heterocycles. The molecule has 0 radical (unpaired) electrons. The van der Waals surface area contributed by atoms with Crippen LogP contribution < -0.4 is 4.74 Å². The van der Waals surface area contributed by atoms with Crippen molar-refractivity contribution < 1.29 is 9.13 Å². The molecule has 4 aromatic rings. The van der Waals surface area contributed by atoms with Crippen molar-refractivity contribution in [2.45, 2.75) is 5.75 Å². The van der Waals surface area contributed by atoms with Crippen molar-refractivity contribution in [1.82, 2.24) is 9.55 Å². The van der Waals surface area contributed by atoms with Gasteiger partial charge in [0.05, 0.1) is 12.0 Å². The third kappa shape index (κ3) is 5.72. The van der Waals surface area contributed by atoms with Gasteiger partial charge in [-0.2, -0.15) is 11.8 Å². The number of hydrogen-bond donors (Lipinski definition) is 0. The zero-order valence-electron chi connectivity index (χ0n) is 15.5. The fraction of sp³-hybridized carbons (Fsp3) is 0.0870. The molecule has 142 valence electrons. The van der Waals surface area contributed by atoms with E-state index in [1.807, 2.05) is 53.5 Å². The summed E-state index contributed by atoms with van der Waals surface area (Å²) in [4.78, 5) is 4.11. The Hall–Kier alpha value is -3.05. The van der Waals surface area contributed by atoms with Gasteiger partial charge in [-0.15, -0.1) is 0 Å². The van der Waals surface area contributed by atoms with E-state index in [1.165, 1.54) is 17.7 Å². The van der Waals surface area contributed by atoms with E-state index in [4.69, 9.17) is 4.74 Å². The van der Waals surface area contributed by atoms with Gasteiger partial charge in [-0.1, -0.05) is 36.4 Å². The Labute approximate surface area is 168 Å². The summed E-state index contributed by atoms with van der Waals surface area (Å²) >= 11 is 1.79. The Morgan fingerprint density at radius 1 is 0.929 bits per heavy atom. The van der Waals surface area contributed by atoms with Crippen LogP contribution in [0.1, 0.15) is 5.56 Å². The zero-order valence-corrected chi connectivity index (χ0v) is 16.4. The lowest BCUT2D eigenvalue weighted by atomic mass is 10.2. The fourth-order valence-corrected chi connectivity index (χ4v) is 3.13. The first-order valence-electron chi connectivity index (χ1n) is 8.80. The lowest BCUT2D eigenvalue weighted by Crippen LogP contribution is -1.97. The van der Waals surface area contributed by atoms with Crippen LogP contribution in [0.3, 0.4) is 0 Å². The summed E-state index contributed by atoms with van der Waals surface area (Å²) in [5.41, 5.74) is 2.37. The Kier molecular flexibility index (Phi) is 7.27. The minimum absolute atomic E-state index is 0.178. The van der Waals surface area contributed by atoms with Crippen LogP contribution in [0.15, 0.2) is 97.6 Å². The van der Waals surface area contributed by atoms with E-state index in [0.717, 1.165) is 22.9 Å². The molecule has 0 amide bonds. The monoisotopic (exact) mass is 392 g/mol. The van der Waals surface area contributed by atoms with Crippen molar-refractivity contribution in [3.05, 3.63) is 109 Å². The molecule has 0 aliphatic carbocycles. The van der Waals surface area contributed by atoms with Crippen LogP contribution in [0.2, 0.25) is 0 Å². The normalized spacial score (nSPS) is 10.1. The van der Waals surface area contributed by atoms with Crippen molar-refractivity contribution in [1.29, 1.82) is 0 Å². The number of rotatable bonds is 5. The van der Waals surface area contributed by atoms with Crippen molar-refractivity contribution in [2.24, 2.45) is 0 Å². The van der Waals surface area contributed by atoms with Crippen LogP contribution in [0.4, 0.5) is 4.39 Å². The number of ether oxygens (including phenoxy) is 1. The van der Waals surface area contributed by atoms with Crippen LogP contribution in [-0.2, 0) is 5.75 Å². The molecular weight excluding hydrogens is 371 g/mol. The maximum Gasteiger partial charge on any atom is 0.127 e. The predicted molar refractivity (Wildman–Crippen MR) is 114 cm³/mol. The van der Waals surface area contributed by atoms with E-state index in [9.17, 15) is 4.39 Å². The number of thioether (sulfide) groups is 1. The summed E-state index contributed by atoms with van der Waals surface area (Å²) in [6.07, 6.45) is 7.66. The van der Waals surface area contributed by atoms with E-state index >= 15 is 0 Å². The summed E-state index contributed by atoms with van der Waals surface area (Å²) in [6.45, 7) is 0. The number of aromatic nitrogens is 2. The number of halogens is 1. The van der Waals surface area contributed by atoms with Crippen molar-refractivity contribution in [3.8, 4) is 17.2 Å². The molecule has 1 aromatic heterocycles. The van der Waals surface area contributed by atoms with Crippen LogP contribution in [0.5, 0.6) is 11.5 Å². The minimum Gasteiger partial charge on any atom is -0.457 e. The Morgan fingerprint density at radius 3 is 2.21 bits per heavy atom. The van der Waals surface area contributed by atoms with Gasteiger partial charge in [0.15, 0.2) is 0 Å². The van der Waals surface area contributed by atoms with Crippen LogP contribution in [0.25, 0.3) is 5.69 Å². The summed E-state index contributed by atoms with van der Waals surface area (Å²) in [6, 6.07) is 23.9. The van der Waals surface area contributed by atoms with Crippen molar-refractivity contribution in [2.75, 3.05) is 6.26 Å². The zero-order chi connectivity index (χ0) is 19.6. The molecule has 4 rings (SSSR count). The summed E-state index contributed by atoms with van der Waals surface area (Å²) in [7, 11) is 0. The van der Waals surface area contributed by atoms with Gasteiger partial charge in [-0.25, -0.2) is 9.37 Å². The Morgan fingerprint density at radius 2 is 1.64 bits per heavy atom.